The zero-order chi connectivity index (χ0) is 45.8. The molecule has 0 aliphatic heterocycles. The van der Waals surface area contributed by atoms with Gasteiger partial charge in [-0.15, -0.1) is 0 Å². The van der Waals surface area contributed by atoms with Crippen molar-refractivity contribution in [2.24, 2.45) is 0 Å². The van der Waals surface area contributed by atoms with Gasteiger partial charge in [0.15, 0.2) is 0 Å². The van der Waals surface area contributed by atoms with E-state index in [1.54, 1.807) is 12.4 Å². The predicted molar refractivity (Wildman–Crippen MR) is 274 cm³/mol. The molecule has 0 bridgehead atoms. The minimum Gasteiger partial charge on any atom is -0.256 e. The Hall–Kier alpha value is -8.79. The molecule has 8 aromatic carbocycles. The van der Waals surface area contributed by atoms with Crippen LogP contribution in [-0.4, -0.2) is 15.0 Å². The molecular weight excluding hydrogens is 799 g/mol. The highest BCUT2D eigenvalue weighted by atomic mass is 14.7. The van der Waals surface area contributed by atoms with Gasteiger partial charge in [-0.25, -0.2) is 0 Å². The average Bonchev–Trinajstić information content (AvgIpc) is 3.41. The lowest BCUT2D eigenvalue weighted by molar-refractivity contribution is 1.33. The number of hydrogen-bond donors (Lipinski definition) is 0. The van der Waals surface area contributed by atoms with Crippen LogP contribution in [0.25, 0.3) is 112 Å². The van der Waals surface area contributed by atoms with E-state index in [1.807, 2.05) is 91.1 Å². The zero-order valence-electron chi connectivity index (χ0n) is 38.0. The lowest BCUT2D eigenvalue weighted by Crippen LogP contribution is -1.93. The monoisotopic (exact) mass is 843 g/mol. The van der Waals surface area contributed by atoms with Crippen molar-refractivity contribution in [1.29, 1.82) is 0 Å². The predicted octanol–water partition coefficient (Wildman–Crippen LogP) is 16.5. The van der Waals surface area contributed by atoms with Crippen molar-refractivity contribution in [1.82, 2.24) is 15.0 Å². The molecule has 0 aliphatic rings. The summed E-state index contributed by atoms with van der Waals surface area (Å²) in [4.78, 5) is 13.8. The summed E-state index contributed by atoms with van der Waals surface area (Å²) in [6.07, 6.45) is 5.40. The highest BCUT2D eigenvalue weighted by molar-refractivity contribution is 5.97. The van der Waals surface area contributed by atoms with E-state index in [1.165, 1.54) is 0 Å². The van der Waals surface area contributed by atoms with Gasteiger partial charge in [-0.05, 0) is 139 Å². The van der Waals surface area contributed by atoms with Gasteiger partial charge in [0.05, 0.1) is 19.8 Å². The number of aromatic nitrogens is 3. The van der Waals surface area contributed by atoms with Gasteiger partial charge in [-0.2, -0.15) is 0 Å². The van der Waals surface area contributed by atoms with E-state index < -0.39 is 0 Å². The van der Waals surface area contributed by atoms with Crippen LogP contribution in [0.2, 0.25) is 0 Å². The van der Waals surface area contributed by atoms with E-state index in [0.717, 1.165) is 112 Å². The summed E-state index contributed by atoms with van der Waals surface area (Å²) in [7, 11) is 0. The summed E-state index contributed by atoms with van der Waals surface area (Å²) >= 11 is 0. The first-order valence-corrected chi connectivity index (χ1v) is 22.2. The standard InChI is InChI=1S/C63H43N3/c1-2-16-44(17-3-1)60-43-49(63-26-12-15-39-66-63)35-36-59(60)58-23-9-8-22-57(58)52-41-50(55-20-6-4-18-53(55)45-27-31-47(32-28-45)61-24-10-13-37-64-61)40-51(42-52)56-21-7-5-19-54(56)46-29-33-48(34-30-46)62-25-11-14-38-65-62/h1-43H/i27D,29D. The fourth-order valence-electron chi connectivity index (χ4n) is 8.90. The molecule has 3 heteroatoms. The minimum absolute atomic E-state index is 0.424. The third-order valence-corrected chi connectivity index (χ3v) is 12.1. The first kappa shape index (κ1) is 37.7. The maximum Gasteiger partial charge on any atom is 0.0702 e. The van der Waals surface area contributed by atoms with Crippen LogP contribution >= 0.6 is 0 Å². The fourth-order valence-corrected chi connectivity index (χ4v) is 8.90. The second-order valence-corrected chi connectivity index (χ2v) is 16.2. The quantitative estimate of drug-likeness (QED) is 0.138. The maximum absolute atomic E-state index is 9.36. The summed E-state index contributed by atoms with van der Waals surface area (Å²) in [5, 5.41) is 0. The highest BCUT2D eigenvalue weighted by Crippen LogP contribution is 2.44. The number of hydrogen-bond acceptors (Lipinski definition) is 3. The molecule has 0 saturated carbocycles. The SMILES string of the molecule is [2H]c1cc(-c2ccccn2)ccc1-c1ccccc1-c1cc(-c2ccccc2-c2ccc(-c3ccccn3)cc2[2H])cc(-c2ccccc2-c2ccc(-c3ccccn3)cc2-c2ccccc2)c1. The number of pyridine rings is 3. The van der Waals surface area contributed by atoms with Crippen LogP contribution in [-0.2, 0) is 0 Å². The third kappa shape index (κ3) is 8.14. The summed E-state index contributed by atoms with van der Waals surface area (Å²) < 4.78 is 18.7. The molecule has 3 nitrogen and oxygen atoms in total. The maximum atomic E-state index is 9.36. The van der Waals surface area contributed by atoms with E-state index in [9.17, 15) is 2.74 Å². The molecule has 3 heterocycles. The van der Waals surface area contributed by atoms with Crippen LogP contribution in [0.1, 0.15) is 2.74 Å². The Bertz CT molecular complexity index is 3430. The molecule has 0 amide bonds. The molecule has 66 heavy (non-hydrogen) atoms. The fraction of sp³-hybridized carbons (Fsp3) is 0. The van der Waals surface area contributed by atoms with Crippen LogP contribution in [0.4, 0.5) is 0 Å². The van der Waals surface area contributed by atoms with E-state index in [2.05, 4.69) is 156 Å². The van der Waals surface area contributed by atoms with Crippen LogP contribution in [0, 0.1) is 0 Å². The van der Waals surface area contributed by atoms with Gasteiger partial charge in [0.1, 0.15) is 0 Å². The van der Waals surface area contributed by atoms with E-state index in [-0.39, 0.29) is 0 Å². The first-order valence-electron chi connectivity index (χ1n) is 23.2. The molecule has 0 fully saturated rings. The molecule has 0 aliphatic carbocycles. The Kier molecular flexibility index (Phi) is 10.4. The smallest absolute Gasteiger partial charge is 0.0702 e. The van der Waals surface area contributed by atoms with Gasteiger partial charge in [0.2, 0.25) is 0 Å². The average molecular weight is 844 g/mol. The van der Waals surface area contributed by atoms with Gasteiger partial charge in [-0.1, -0.05) is 182 Å². The Morgan fingerprint density at radius 1 is 0.212 bits per heavy atom. The van der Waals surface area contributed by atoms with Gasteiger partial charge in [0.25, 0.3) is 0 Å². The van der Waals surface area contributed by atoms with E-state index in [4.69, 9.17) is 4.98 Å². The molecule has 11 rings (SSSR count). The number of rotatable bonds is 10. The first-order chi connectivity index (χ1) is 33.6. The van der Waals surface area contributed by atoms with Crippen LogP contribution < -0.4 is 0 Å². The molecule has 0 spiro atoms. The van der Waals surface area contributed by atoms with Crippen LogP contribution in [0.3, 0.4) is 0 Å². The Labute approximate surface area is 388 Å². The molecule has 0 unspecified atom stereocenters. The van der Waals surface area contributed by atoms with Crippen molar-refractivity contribution >= 4 is 0 Å². The molecule has 0 saturated heterocycles. The lowest BCUT2D eigenvalue weighted by atomic mass is 9.84. The largest absolute Gasteiger partial charge is 0.256 e. The van der Waals surface area contributed by atoms with Gasteiger partial charge in [-0.3, -0.25) is 15.0 Å². The summed E-state index contributed by atoms with van der Waals surface area (Å²) in [5.41, 5.74) is 19.6. The second kappa shape index (κ2) is 18.1. The lowest BCUT2D eigenvalue weighted by Gasteiger charge is -2.19. The normalized spacial score (nSPS) is 11.5. The molecule has 310 valence electrons. The summed E-state index contributed by atoms with van der Waals surface area (Å²) in [5.74, 6) is 0. The van der Waals surface area contributed by atoms with E-state index >= 15 is 0 Å². The summed E-state index contributed by atoms with van der Waals surface area (Å²) in [6, 6.07) is 80.1. The van der Waals surface area contributed by atoms with Crippen molar-refractivity contribution in [3.05, 3.63) is 261 Å². The zero-order valence-corrected chi connectivity index (χ0v) is 36.0. The Morgan fingerprint density at radius 2 is 0.561 bits per heavy atom. The minimum atomic E-state index is 0.424. The molecule has 11 aromatic rings. The van der Waals surface area contributed by atoms with E-state index in [0.29, 0.717) is 12.1 Å². The molecule has 3 aromatic heterocycles. The van der Waals surface area contributed by atoms with Crippen LogP contribution in [0.15, 0.2) is 261 Å². The van der Waals surface area contributed by atoms with Gasteiger partial charge in [0, 0.05) is 35.3 Å². The molecule has 0 radical (unpaired) electrons. The van der Waals surface area contributed by atoms with Crippen molar-refractivity contribution in [3.63, 3.8) is 0 Å². The Balaban J connectivity index is 1.11. The topological polar surface area (TPSA) is 38.7 Å². The van der Waals surface area contributed by atoms with Gasteiger partial charge < -0.3 is 0 Å². The number of nitrogens with zero attached hydrogens (tertiary/aromatic N) is 3. The van der Waals surface area contributed by atoms with Crippen molar-refractivity contribution in [2.75, 3.05) is 0 Å². The second-order valence-electron chi connectivity index (χ2n) is 16.2. The highest BCUT2D eigenvalue weighted by Gasteiger charge is 2.19. The molecular formula is C63H43N3. The van der Waals surface area contributed by atoms with Gasteiger partial charge >= 0.3 is 0 Å². The summed E-state index contributed by atoms with van der Waals surface area (Å²) in [6.45, 7) is 0. The van der Waals surface area contributed by atoms with Crippen molar-refractivity contribution in [2.45, 2.75) is 0 Å². The molecule has 0 N–H and O–H groups in total. The Morgan fingerprint density at radius 3 is 1.00 bits per heavy atom. The van der Waals surface area contributed by atoms with Crippen molar-refractivity contribution in [3.8, 4) is 112 Å². The third-order valence-electron chi connectivity index (χ3n) is 12.1. The number of benzene rings is 8. The molecule has 0 atom stereocenters. The van der Waals surface area contributed by atoms with Crippen LogP contribution in [0.5, 0.6) is 0 Å². The van der Waals surface area contributed by atoms with Crippen molar-refractivity contribution < 1.29 is 2.74 Å².